The van der Waals surface area contributed by atoms with Gasteiger partial charge in [0.1, 0.15) is 0 Å². The molecule has 1 aromatic heterocycles. The van der Waals surface area contributed by atoms with Crippen molar-refractivity contribution in [3.05, 3.63) is 30.1 Å². The Morgan fingerprint density at radius 2 is 2.24 bits per heavy atom. The first-order valence-corrected chi connectivity index (χ1v) is 6.10. The number of carbonyl (C=O) groups is 1. The Bertz CT molecular complexity index is 374. The molecule has 2 rings (SSSR count). The first kappa shape index (κ1) is 12.0. The number of aromatic nitrogens is 1. The minimum Gasteiger partial charge on any atom is -0.338 e. The van der Waals surface area contributed by atoms with Gasteiger partial charge in [0.15, 0.2) is 0 Å². The molecule has 1 amide bonds. The third-order valence-electron chi connectivity index (χ3n) is 3.48. The third kappa shape index (κ3) is 2.64. The maximum absolute atomic E-state index is 12.2. The van der Waals surface area contributed by atoms with E-state index in [2.05, 4.69) is 10.3 Å². The highest BCUT2D eigenvalue weighted by Gasteiger charge is 2.27. The summed E-state index contributed by atoms with van der Waals surface area (Å²) in [5.41, 5.74) is 1.12. The van der Waals surface area contributed by atoms with Crippen molar-refractivity contribution in [2.24, 2.45) is 0 Å². The zero-order valence-corrected chi connectivity index (χ0v) is 10.4. The van der Waals surface area contributed by atoms with Crippen LogP contribution in [0.5, 0.6) is 0 Å². The normalized spacial score (nSPS) is 21.2. The molecule has 4 nitrogen and oxygen atoms in total. The van der Waals surface area contributed by atoms with E-state index in [1.54, 1.807) is 12.4 Å². The summed E-state index contributed by atoms with van der Waals surface area (Å²) < 4.78 is 0. The molecule has 2 heterocycles. The molecule has 1 aliphatic heterocycles. The number of likely N-dealkylation sites (N-methyl/N-ethyl adjacent to an activating group) is 1. The highest BCUT2D eigenvalue weighted by molar-refractivity contribution is 5.82. The molecule has 1 aromatic rings. The monoisotopic (exact) mass is 233 g/mol. The largest absolute Gasteiger partial charge is 0.338 e. The molecule has 0 saturated carbocycles. The van der Waals surface area contributed by atoms with Crippen molar-refractivity contribution in [1.29, 1.82) is 0 Å². The van der Waals surface area contributed by atoms with E-state index in [1.165, 1.54) is 0 Å². The number of nitrogens with zero attached hydrogens (tertiary/aromatic N) is 2. The van der Waals surface area contributed by atoms with E-state index in [1.807, 2.05) is 31.0 Å². The quantitative estimate of drug-likeness (QED) is 0.857. The predicted molar refractivity (Wildman–Crippen MR) is 66.4 cm³/mol. The fourth-order valence-corrected chi connectivity index (χ4v) is 2.20. The van der Waals surface area contributed by atoms with Crippen LogP contribution in [0.15, 0.2) is 24.5 Å². The van der Waals surface area contributed by atoms with Crippen LogP contribution in [0.2, 0.25) is 0 Å². The third-order valence-corrected chi connectivity index (χ3v) is 3.48. The van der Waals surface area contributed by atoms with Crippen molar-refractivity contribution in [1.82, 2.24) is 15.2 Å². The summed E-state index contributed by atoms with van der Waals surface area (Å²) in [5, 5.41) is 3.24. The minimum absolute atomic E-state index is 0.00397. The van der Waals surface area contributed by atoms with Gasteiger partial charge in [-0.05, 0) is 44.0 Å². The first-order chi connectivity index (χ1) is 8.20. The second-order valence-corrected chi connectivity index (χ2v) is 4.55. The smallest absolute Gasteiger partial charge is 0.239 e. The van der Waals surface area contributed by atoms with E-state index < -0.39 is 0 Å². The summed E-state index contributed by atoms with van der Waals surface area (Å²) >= 11 is 0. The molecule has 0 aliphatic carbocycles. The molecule has 1 unspecified atom stereocenters. The van der Waals surface area contributed by atoms with E-state index in [0.717, 1.165) is 24.9 Å². The molecule has 1 saturated heterocycles. The number of hydrogen-bond acceptors (Lipinski definition) is 3. The van der Waals surface area contributed by atoms with Gasteiger partial charge in [0.05, 0.1) is 12.1 Å². The molecule has 1 fully saturated rings. The topological polar surface area (TPSA) is 45.2 Å². The number of nitrogens with one attached hydrogen (secondary N) is 1. The van der Waals surface area contributed by atoms with Crippen LogP contribution >= 0.6 is 0 Å². The molecule has 1 aliphatic rings. The summed E-state index contributed by atoms with van der Waals surface area (Å²) in [6.07, 6.45) is 5.57. The van der Waals surface area contributed by atoms with Crippen LogP contribution in [0.3, 0.4) is 0 Å². The molecule has 0 spiro atoms. The Morgan fingerprint density at radius 3 is 2.82 bits per heavy atom. The fraction of sp³-hybridized carbons (Fsp3) is 0.538. The molecule has 0 bridgehead atoms. The lowest BCUT2D eigenvalue weighted by atomic mass is 10.1. The average Bonchev–Trinajstić information content (AvgIpc) is 2.91. The van der Waals surface area contributed by atoms with Gasteiger partial charge in [-0.15, -0.1) is 0 Å². The summed E-state index contributed by atoms with van der Waals surface area (Å²) in [7, 11) is 1.87. The molecular formula is C13H19N3O. The van der Waals surface area contributed by atoms with Crippen molar-refractivity contribution >= 4 is 5.91 Å². The Balaban J connectivity index is 2.04. The lowest BCUT2D eigenvalue weighted by molar-refractivity contribution is -0.133. The van der Waals surface area contributed by atoms with E-state index in [9.17, 15) is 4.79 Å². The molecule has 92 valence electrons. The van der Waals surface area contributed by atoms with Crippen molar-refractivity contribution in [2.75, 3.05) is 13.6 Å². The van der Waals surface area contributed by atoms with Gasteiger partial charge in [-0.25, -0.2) is 0 Å². The number of rotatable bonds is 3. The van der Waals surface area contributed by atoms with Crippen LogP contribution in [-0.4, -0.2) is 35.4 Å². The zero-order chi connectivity index (χ0) is 12.3. The van der Waals surface area contributed by atoms with E-state index in [4.69, 9.17) is 0 Å². The van der Waals surface area contributed by atoms with Gasteiger partial charge in [0, 0.05) is 19.4 Å². The maximum atomic E-state index is 12.2. The van der Waals surface area contributed by atoms with Crippen molar-refractivity contribution in [3.63, 3.8) is 0 Å². The Labute approximate surface area is 102 Å². The highest BCUT2D eigenvalue weighted by Crippen LogP contribution is 2.20. The lowest BCUT2D eigenvalue weighted by Crippen LogP contribution is -2.42. The summed E-state index contributed by atoms with van der Waals surface area (Å²) in [5.74, 6) is 0.187. The fourth-order valence-electron chi connectivity index (χ4n) is 2.20. The molecular weight excluding hydrogens is 214 g/mol. The van der Waals surface area contributed by atoms with Gasteiger partial charge in [-0.3, -0.25) is 9.78 Å². The summed E-state index contributed by atoms with van der Waals surface area (Å²) in [4.78, 5) is 18.0. The van der Waals surface area contributed by atoms with Crippen LogP contribution in [0.25, 0.3) is 0 Å². The van der Waals surface area contributed by atoms with Gasteiger partial charge >= 0.3 is 0 Å². The van der Waals surface area contributed by atoms with Gasteiger partial charge in [-0.2, -0.15) is 0 Å². The Morgan fingerprint density at radius 1 is 1.53 bits per heavy atom. The molecule has 0 aromatic carbocycles. The van der Waals surface area contributed by atoms with Gasteiger partial charge in [0.25, 0.3) is 0 Å². The molecule has 1 N–H and O–H groups in total. The number of pyridine rings is 1. The van der Waals surface area contributed by atoms with Crippen LogP contribution in [0.1, 0.15) is 31.4 Å². The SMILES string of the molecule is CC(c1ccncc1)N(C)C(=O)[C@@H]1CCCN1. The summed E-state index contributed by atoms with van der Waals surface area (Å²) in [6.45, 7) is 3.00. The van der Waals surface area contributed by atoms with E-state index >= 15 is 0 Å². The van der Waals surface area contributed by atoms with Crippen molar-refractivity contribution in [3.8, 4) is 0 Å². The molecule has 4 heteroatoms. The molecule has 17 heavy (non-hydrogen) atoms. The van der Waals surface area contributed by atoms with Gasteiger partial charge in [0.2, 0.25) is 5.91 Å². The van der Waals surface area contributed by atoms with Gasteiger partial charge in [-0.1, -0.05) is 0 Å². The number of hydrogen-bond donors (Lipinski definition) is 1. The van der Waals surface area contributed by atoms with Crippen LogP contribution in [0.4, 0.5) is 0 Å². The lowest BCUT2D eigenvalue weighted by Gasteiger charge is -2.27. The second-order valence-electron chi connectivity index (χ2n) is 4.55. The van der Waals surface area contributed by atoms with Crippen LogP contribution in [-0.2, 0) is 4.79 Å². The number of carbonyl (C=O) groups excluding carboxylic acids is 1. The maximum Gasteiger partial charge on any atom is 0.239 e. The minimum atomic E-state index is 0.00397. The molecule has 0 radical (unpaired) electrons. The second kappa shape index (κ2) is 5.27. The van der Waals surface area contributed by atoms with Crippen molar-refractivity contribution in [2.45, 2.75) is 31.8 Å². The van der Waals surface area contributed by atoms with E-state index in [-0.39, 0.29) is 18.0 Å². The zero-order valence-electron chi connectivity index (χ0n) is 10.4. The summed E-state index contributed by atoms with van der Waals surface area (Å²) in [6, 6.07) is 4.00. The Hall–Kier alpha value is -1.42. The average molecular weight is 233 g/mol. The molecule has 2 atom stereocenters. The predicted octanol–water partition coefficient (Wildman–Crippen LogP) is 1.35. The standard InChI is InChI=1S/C13H19N3O/c1-10(11-5-8-14-9-6-11)16(2)13(17)12-4-3-7-15-12/h5-6,8-10,12,15H,3-4,7H2,1-2H3/t10?,12-/m0/s1. The highest BCUT2D eigenvalue weighted by atomic mass is 16.2. The van der Waals surface area contributed by atoms with Gasteiger partial charge < -0.3 is 10.2 Å². The Kier molecular flexibility index (Phi) is 3.74. The van der Waals surface area contributed by atoms with Crippen LogP contribution in [0, 0.1) is 0 Å². The first-order valence-electron chi connectivity index (χ1n) is 6.10. The number of amides is 1. The van der Waals surface area contributed by atoms with Crippen LogP contribution < -0.4 is 5.32 Å². The van der Waals surface area contributed by atoms with Crippen molar-refractivity contribution < 1.29 is 4.79 Å². The van der Waals surface area contributed by atoms with E-state index in [0.29, 0.717) is 0 Å².